The van der Waals surface area contributed by atoms with Gasteiger partial charge in [-0.1, -0.05) is 12.1 Å². The average molecular weight is 418 g/mol. The number of anilines is 1. The van der Waals surface area contributed by atoms with E-state index in [1.807, 2.05) is 0 Å². The number of amides is 1. The molecule has 1 fully saturated rings. The third-order valence-corrected chi connectivity index (χ3v) is 6.26. The lowest BCUT2D eigenvalue weighted by Crippen LogP contribution is -2.27. The van der Waals surface area contributed by atoms with Gasteiger partial charge in [-0.05, 0) is 31.9 Å². The summed E-state index contributed by atoms with van der Waals surface area (Å²) < 4.78 is 47.2. The van der Waals surface area contributed by atoms with Crippen molar-refractivity contribution < 1.29 is 22.0 Å². The number of halogens is 1. The number of benzene rings is 1. The van der Waals surface area contributed by atoms with E-state index in [0.29, 0.717) is 24.3 Å². The second-order valence-corrected chi connectivity index (χ2v) is 8.43. The number of hydrogen-bond donors (Lipinski definition) is 2. The molecule has 0 spiro atoms. The van der Waals surface area contributed by atoms with Gasteiger partial charge < -0.3 is 9.32 Å². The zero-order valence-corrected chi connectivity index (χ0v) is 16.4. The quantitative estimate of drug-likeness (QED) is 0.662. The number of carbonyl (C=O) groups is 1. The Balaban J connectivity index is 1.66. The summed E-state index contributed by atoms with van der Waals surface area (Å²) in [6, 6.07) is 6.77. The van der Waals surface area contributed by atoms with Crippen LogP contribution in [0.2, 0.25) is 0 Å². The molecule has 2 N–H and O–H groups in total. The highest BCUT2D eigenvalue weighted by Crippen LogP contribution is 2.31. The van der Waals surface area contributed by atoms with E-state index in [4.69, 9.17) is 4.42 Å². The molecule has 10 heteroatoms. The van der Waals surface area contributed by atoms with Crippen LogP contribution in [-0.2, 0) is 10.0 Å². The Morgan fingerprint density at radius 1 is 1.28 bits per heavy atom. The Morgan fingerprint density at radius 3 is 2.72 bits per heavy atom. The first-order valence-electron chi connectivity index (χ1n) is 9.07. The van der Waals surface area contributed by atoms with Gasteiger partial charge in [-0.3, -0.25) is 14.6 Å². The van der Waals surface area contributed by atoms with E-state index in [0.717, 1.165) is 18.9 Å². The number of rotatable bonds is 5. The second-order valence-electron chi connectivity index (χ2n) is 6.77. The van der Waals surface area contributed by atoms with Crippen molar-refractivity contribution in [1.82, 2.24) is 15.1 Å². The first-order chi connectivity index (χ1) is 13.9. The van der Waals surface area contributed by atoms with Crippen LogP contribution in [0.4, 0.5) is 10.1 Å². The van der Waals surface area contributed by atoms with Crippen LogP contribution >= 0.6 is 0 Å². The predicted molar refractivity (Wildman–Crippen MR) is 103 cm³/mol. The van der Waals surface area contributed by atoms with Crippen molar-refractivity contribution in [1.29, 1.82) is 0 Å². The highest BCUT2D eigenvalue weighted by Gasteiger charge is 2.28. The Hall–Kier alpha value is -3.14. The van der Waals surface area contributed by atoms with Gasteiger partial charge in [0.2, 0.25) is 0 Å². The van der Waals surface area contributed by atoms with Gasteiger partial charge in [-0.2, -0.15) is 5.10 Å². The number of likely N-dealkylation sites (tertiary alicyclic amines) is 1. The van der Waals surface area contributed by atoms with Gasteiger partial charge in [0.05, 0.1) is 17.4 Å². The van der Waals surface area contributed by atoms with E-state index in [9.17, 15) is 17.6 Å². The first kappa shape index (κ1) is 19.2. The summed E-state index contributed by atoms with van der Waals surface area (Å²) in [7, 11) is -4.10. The molecule has 2 aromatic heterocycles. The molecule has 152 valence electrons. The van der Waals surface area contributed by atoms with Crippen LogP contribution in [0, 0.1) is 12.7 Å². The van der Waals surface area contributed by atoms with Crippen LogP contribution in [0.25, 0.3) is 11.5 Å². The van der Waals surface area contributed by atoms with E-state index >= 15 is 0 Å². The summed E-state index contributed by atoms with van der Waals surface area (Å²) in [5.74, 6) is -0.604. The molecule has 1 amide bonds. The fourth-order valence-electron chi connectivity index (χ4n) is 3.33. The van der Waals surface area contributed by atoms with Gasteiger partial charge in [0.25, 0.3) is 15.9 Å². The number of furan rings is 1. The Kier molecular flexibility index (Phi) is 4.87. The van der Waals surface area contributed by atoms with Gasteiger partial charge in [0.15, 0.2) is 5.76 Å². The molecular formula is C19H19FN4O4S. The first-order valence-corrected chi connectivity index (χ1v) is 10.6. The maximum atomic E-state index is 13.8. The fourth-order valence-corrected chi connectivity index (χ4v) is 4.57. The minimum Gasteiger partial charge on any atom is -0.458 e. The molecule has 4 rings (SSSR count). The van der Waals surface area contributed by atoms with E-state index in [-0.39, 0.29) is 28.0 Å². The molecule has 0 atom stereocenters. The summed E-state index contributed by atoms with van der Waals surface area (Å²) in [4.78, 5) is 14.3. The summed E-state index contributed by atoms with van der Waals surface area (Å²) in [5, 5.41) is 6.64. The lowest BCUT2D eigenvalue weighted by molar-refractivity contribution is 0.0793. The molecule has 8 nitrogen and oxygen atoms in total. The molecule has 0 saturated carbocycles. The smallest absolute Gasteiger partial charge is 0.265 e. The molecule has 3 heterocycles. The van der Waals surface area contributed by atoms with Crippen LogP contribution in [0.3, 0.4) is 0 Å². The molecule has 1 saturated heterocycles. The van der Waals surface area contributed by atoms with Crippen molar-refractivity contribution >= 4 is 21.6 Å². The Bertz CT molecular complexity index is 1160. The standard InChI is InChI=1S/C19H19FN4O4S/c1-12-17(29(26,27)23-15-7-3-2-6-14(15)20)10-16(28-12)18-13(11-21-22-18)19(25)24-8-4-5-9-24/h2-3,6-7,10-11,23H,4-5,8-9H2,1H3,(H,21,22). The fraction of sp³-hybridized carbons (Fsp3) is 0.263. The van der Waals surface area contributed by atoms with Crippen molar-refractivity contribution in [2.75, 3.05) is 17.8 Å². The molecule has 0 radical (unpaired) electrons. The van der Waals surface area contributed by atoms with E-state index < -0.39 is 15.8 Å². The van der Waals surface area contributed by atoms with E-state index in [2.05, 4.69) is 14.9 Å². The maximum Gasteiger partial charge on any atom is 0.265 e. The largest absolute Gasteiger partial charge is 0.458 e. The van der Waals surface area contributed by atoms with E-state index in [1.54, 1.807) is 4.90 Å². The lowest BCUT2D eigenvalue weighted by atomic mass is 10.2. The highest BCUT2D eigenvalue weighted by atomic mass is 32.2. The Labute approximate surface area is 166 Å². The van der Waals surface area contributed by atoms with Crippen molar-refractivity contribution in [2.24, 2.45) is 0 Å². The molecule has 1 aromatic carbocycles. The number of nitrogens with one attached hydrogen (secondary N) is 2. The SMILES string of the molecule is Cc1oc(-c2[nH]ncc2C(=O)N2CCCC2)cc1S(=O)(=O)Nc1ccccc1F. The van der Waals surface area contributed by atoms with Gasteiger partial charge in [-0.25, -0.2) is 12.8 Å². The molecule has 0 bridgehead atoms. The minimum atomic E-state index is -4.10. The van der Waals surface area contributed by atoms with Crippen molar-refractivity contribution in [3.63, 3.8) is 0 Å². The van der Waals surface area contributed by atoms with Crippen LogP contribution in [0.1, 0.15) is 29.0 Å². The predicted octanol–water partition coefficient (Wildman–Crippen LogP) is 3.15. The molecule has 0 unspecified atom stereocenters. The number of para-hydroxylation sites is 1. The molecule has 29 heavy (non-hydrogen) atoms. The lowest BCUT2D eigenvalue weighted by Gasteiger charge is -2.14. The summed E-state index contributed by atoms with van der Waals surface area (Å²) in [5.41, 5.74) is 0.449. The normalized spacial score (nSPS) is 14.3. The van der Waals surface area contributed by atoms with Crippen molar-refractivity contribution in [3.8, 4) is 11.5 Å². The van der Waals surface area contributed by atoms with Gasteiger partial charge >= 0.3 is 0 Å². The average Bonchev–Trinajstić information content (AvgIpc) is 3.43. The third-order valence-electron chi connectivity index (χ3n) is 4.79. The van der Waals surface area contributed by atoms with E-state index in [1.165, 1.54) is 37.4 Å². The number of sulfonamides is 1. The topological polar surface area (TPSA) is 108 Å². The molecule has 1 aliphatic heterocycles. The van der Waals surface area contributed by atoms with Crippen LogP contribution in [0.15, 0.2) is 45.8 Å². The number of H-pyrrole nitrogens is 1. The zero-order valence-electron chi connectivity index (χ0n) is 15.6. The number of aromatic amines is 1. The van der Waals surface area contributed by atoms with Crippen LogP contribution < -0.4 is 4.72 Å². The Morgan fingerprint density at radius 2 is 2.00 bits per heavy atom. The van der Waals surface area contributed by atoms with Gasteiger partial charge in [0.1, 0.15) is 22.2 Å². The minimum absolute atomic E-state index is 0.109. The summed E-state index contributed by atoms with van der Waals surface area (Å²) in [6.07, 6.45) is 3.30. The second kappa shape index (κ2) is 7.36. The number of carbonyl (C=O) groups excluding carboxylic acids is 1. The summed E-state index contributed by atoms with van der Waals surface area (Å²) in [6.45, 7) is 2.83. The zero-order chi connectivity index (χ0) is 20.6. The van der Waals surface area contributed by atoms with Crippen molar-refractivity contribution in [3.05, 3.63) is 53.7 Å². The number of nitrogens with zero attached hydrogens (tertiary/aromatic N) is 2. The number of aromatic nitrogens is 2. The third kappa shape index (κ3) is 3.63. The number of aryl methyl sites for hydroxylation is 1. The summed E-state index contributed by atoms with van der Waals surface area (Å²) >= 11 is 0. The van der Waals surface area contributed by atoms with Gasteiger partial charge in [-0.15, -0.1) is 0 Å². The molecular weight excluding hydrogens is 399 g/mol. The number of hydrogen-bond acceptors (Lipinski definition) is 5. The molecule has 1 aliphatic rings. The van der Waals surface area contributed by atoms with Crippen LogP contribution in [-0.4, -0.2) is 42.5 Å². The highest BCUT2D eigenvalue weighted by molar-refractivity contribution is 7.92. The molecule has 3 aromatic rings. The monoisotopic (exact) mass is 418 g/mol. The van der Waals surface area contributed by atoms with Crippen molar-refractivity contribution in [2.45, 2.75) is 24.7 Å². The molecule has 0 aliphatic carbocycles. The maximum absolute atomic E-state index is 13.8. The van der Waals surface area contributed by atoms with Gasteiger partial charge in [0, 0.05) is 19.2 Å². The van der Waals surface area contributed by atoms with Crippen LogP contribution in [0.5, 0.6) is 0 Å².